The lowest BCUT2D eigenvalue weighted by atomic mass is 10.2. The van der Waals surface area contributed by atoms with Crippen molar-refractivity contribution in [3.8, 4) is 0 Å². The van der Waals surface area contributed by atoms with Crippen LogP contribution in [0.5, 0.6) is 0 Å². The van der Waals surface area contributed by atoms with Gasteiger partial charge < -0.3 is 0 Å². The van der Waals surface area contributed by atoms with E-state index in [4.69, 9.17) is 0 Å². The molecule has 0 radical (unpaired) electrons. The predicted octanol–water partition coefficient (Wildman–Crippen LogP) is 2.00. The third kappa shape index (κ3) is 1.49. The van der Waals surface area contributed by atoms with Crippen molar-refractivity contribution in [1.82, 2.24) is 19.3 Å². The van der Waals surface area contributed by atoms with Crippen LogP contribution in [0.1, 0.15) is 19.9 Å². The third-order valence-electron chi connectivity index (χ3n) is 3.27. The second-order valence-electron chi connectivity index (χ2n) is 4.81. The van der Waals surface area contributed by atoms with Crippen molar-refractivity contribution in [3.63, 3.8) is 0 Å². The molecule has 0 atom stereocenters. The normalized spacial score (nSPS) is 11.8. The van der Waals surface area contributed by atoms with Crippen molar-refractivity contribution in [2.75, 3.05) is 0 Å². The highest BCUT2D eigenvalue weighted by Crippen LogP contribution is 2.24. The van der Waals surface area contributed by atoms with Gasteiger partial charge in [0.2, 0.25) is 0 Å². The van der Waals surface area contributed by atoms with Crippen LogP contribution < -0.4 is 5.69 Å². The van der Waals surface area contributed by atoms with Crippen LogP contribution in [0, 0.1) is 5.82 Å². The molecule has 0 N–H and O–H groups in total. The molecule has 5 nitrogen and oxygen atoms in total. The van der Waals surface area contributed by atoms with Gasteiger partial charge in [0.1, 0.15) is 11.0 Å². The van der Waals surface area contributed by atoms with E-state index in [0.29, 0.717) is 16.6 Å². The molecule has 98 valence electrons. The van der Waals surface area contributed by atoms with Crippen LogP contribution in [0.25, 0.3) is 22.1 Å². The van der Waals surface area contributed by atoms with Crippen LogP contribution in [0.2, 0.25) is 0 Å². The summed E-state index contributed by atoms with van der Waals surface area (Å²) in [6.07, 6.45) is 0. The molecule has 3 rings (SSSR count). The van der Waals surface area contributed by atoms with Crippen LogP contribution in [-0.4, -0.2) is 19.3 Å². The van der Waals surface area contributed by atoms with Crippen molar-refractivity contribution in [2.45, 2.75) is 19.9 Å². The van der Waals surface area contributed by atoms with Crippen molar-refractivity contribution in [2.24, 2.45) is 7.05 Å². The Morgan fingerprint density at radius 1 is 1.26 bits per heavy atom. The number of nitrogens with zero attached hydrogens (tertiary/aromatic N) is 4. The van der Waals surface area contributed by atoms with Crippen molar-refractivity contribution in [1.29, 1.82) is 0 Å². The van der Waals surface area contributed by atoms with Crippen LogP contribution in [0.15, 0.2) is 23.0 Å². The van der Waals surface area contributed by atoms with Crippen LogP contribution >= 0.6 is 0 Å². The summed E-state index contributed by atoms with van der Waals surface area (Å²) in [5, 5.41) is 8.48. The summed E-state index contributed by atoms with van der Waals surface area (Å²) in [7, 11) is 1.64. The number of hydrogen-bond acceptors (Lipinski definition) is 3. The molecule has 0 spiro atoms. The Labute approximate surface area is 108 Å². The minimum atomic E-state index is -0.432. The van der Waals surface area contributed by atoms with Gasteiger partial charge in [0, 0.05) is 18.5 Å². The van der Waals surface area contributed by atoms with E-state index in [1.807, 2.05) is 13.8 Å². The summed E-state index contributed by atoms with van der Waals surface area (Å²) in [5.41, 5.74) is 1.12. The van der Waals surface area contributed by atoms with Gasteiger partial charge in [-0.3, -0.25) is 9.13 Å². The number of aromatic nitrogens is 4. The van der Waals surface area contributed by atoms with E-state index in [1.54, 1.807) is 23.7 Å². The van der Waals surface area contributed by atoms with Crippen LogP contribution in [-0.2, 0) is 7.05 Å². The molecular weight excluding hydrogens is 247 g/mol. The summed E-state index contributed by atoms with van der Waals surface area (Å²) in [6, 6.07) is 4.67. The first kappa shape index (κ1) is 11.8. The average Bonchev–Trinajstić information content (AvgIpc) is 2.63. The standard InChI is InChI=1S/C13H13FN4O/c1-7(2)18-11-8-5-4-6-9(14)10(8)15-16-12(11)17(3)13(18)19/h4-7H,1-3H3. The maximum Gasteiger partial charge on any atom is 0.330 e. The van der Waals surface area contributed by atoms with Gasteiger partial charge in [-0.1, -0.05) is 12.1 Å². The van der Waals surface area contributed by atoms with E-state index in [9.17, 15) is 9.18 Å². The quantitative estimate of drug-likeness (QED) is 0.672. The largest absolute Gasteiger partial charge is 0.330 e. The lowest BCUT2D eigenvalue weighted by Gasteiger charge is -2.08. The highest BCUT2D eigenvalue weighted by atomic mass is 19.1. The molecule has 2 heterocycles. The Balaban J connectivity index is 2.65. The summed E-state index contributed by atoms with van der Waals surface area (Å²) >= 11 is 0. The molecule has 0 saturated heterocycles. The summed E-state index contributed by atoms with van der Waals surface area (Å²) in [5.74, 6) is -0.432. The Bertz CT molecular complexity index is 847. The van der Waals surface area contributed by atoms with Gasteiger partial charge in [0.15, 0.2) is 11.5 Å². The maximum absolute atomic E-state index is 13.8. The van der Waals surface area contributed by atoms with E-state index in [-0.39, 0.29) is 17.2 Å². The Morgan fingerprint density at radius 2 is 2.00 bits per heavy atom. The van der Waals surface area contributed by atoms with E-state index >= 15 is 0 Å². The topological polar surface area (TPSA) is 52.7 Å². The molecule has 0 aliphatic rings. The zero-order chi connectivity index (χ0) is 13.7. The second kappa shape index (κ2) is 3.88. The highest BCUT2D eigenvalue weighted by molar-refractivity contribution is 6.00. The number of halogens is 1. The van der Waals surface area contributed by atoms with Gasteiger partial charge in [-0.05, 0) is 19.9 Å². The number of fused-ring (bicyclic) bond motifs is 3. The van der Waals surface area contributed by atoms with E-state index in [1.165, 1.54) is 10.6 Å². The molecular formula is C13H13FN4O. The fourth-order valence-corrected chi connectivity index (χ4v) is 2.36. The Hall–Kier alpha value is -2.24. The Kier molecular flexibility index (Phi) is 2.41. The van der Waals surface area contributed by atoms with Gasteiger partial charge in [-0.25, -0.2) is 9.18 Å². The van der Waals surface area contributed by atoms with E-state index < -0.39 is 5.82 Å². The van der Waals surface area contributed by atoms with Crippen LogP contribution in [0.4, 0.5) is 4.39 Å². The van der Waals surface area contributed by atoms with Gasteiger partial charge in [0.05, 0.1) is 0 Å². The van der Waals surface area contributed by atoms with E-state index in [2.05, 4.69) is 10.2 Å². The lowest BCUT2D eigenvalue weighted by Crippen LogP contribution is -2.23. The first-order valence-electron chi connectivity index (χ1n) is 6.04. The highest BCUT2D eigenvalue weighted by Gasteiger charge is 2.18. The van der Waals surface area contributed by atoms with Gasteiger partial charge >= 0.3 is 5.69 Å². The molecule has 3 aromatic rings. The number of benzene rings is 1. The van der Waals surface area contributed by atoms with Gasteiger partial charge in [0.25, 0.3) is 0 Å². The molecule has 0 aliphatic carbocycles. The molecule has 0 bridgehead atoms. The van der Waals surface area contributed by atoms with Gasteiger partial charge in [-0.15, -0.1) is 10.2 Å². The molecule has 0 saturated carbocycles. The predicted molar refractivity (Wildman–Crippen MR) is 70.6 cm³/mol. The first-order chi connectivity index (χ1) is 9.02. The molecule has 2 aromatic heterocycles. The fourth-order valence-electron chi connectivity index (χ4n) is 2.36. The number of imidazole rings is 1. The minimum absolute atomic E-state index is 0.0353. The van der Waals surface area contributed by atoms with Crippen molar-refractivity contribution >= 4 is 22.1 Å². The molecule has 0 unspecified atom stereocenters. The van der Waals surface area contributed by atoms with Crippen molar-refractivity contribution < 1.29 is 4.39 Å². The number of rotatable bonds is 1. The first-order valence-corrected chi connectivity index (χ1v) is 6.04. The zero-order valence-electron chi connectivity index (χ0n) is 10.9. The fraction of sp³-hybridized carbons (Fsp3) is 0.308. The second-order valence-corrected chi connectivity index (χ2v) is 4.81. The monoisotopic (exact) mass is 260 g/mol. The molecule has 0 fully saturated rings. The number of aryl methyl sites for hydroxylation is 1. The minimum Gasteiger partial charge on any atom is -0.287 e. The summed E-state index contributed by atoms with van der Waals surface area (Å²) in [6.45, 7) is 3.82. The maximum atomic E-state index is 13.8. The molecule has 1 aromatic carbocycles. The van der Waals surface area contributed by atoms with E-state index in [0.717, 1.165) is 0 Å². The Morgan fingerprint density at radius 3 is 2.68 bits per heavy atom. The molecule has 0 amide bonds. The SMILES string of the molecule is CC(C)n1c(=O)n(C)c2nnc3c(F)cccc3c21. The third-order valence-corrected chi connectivity index (χ3v) is 3.27. The molecule has 19 heavy (non-hydrogen) atoms. The molecule has 0 aliphatic heterocycles. The van der Waals surface area contributed by atoms with Crippen LogP contribution in [0.3, 0.4) is 0 Å². The van der Waals surface area contributed by atoms with Crippen molar-refractivity contribution in [3.05, 3.63) is 34.5 Å². The summed E-state index contributed by atoms with van der Waals surface area (Å²) < 4.78 is 16.8. The summed E-state index contributed by atoms with van der Waals surface area (Å²) in [4.78, 5) is 12.2. The average molecular weight is 260 g/mol. The van der Waals surface area contributed by atoms with Gasteiger partial charge in [-0.2, -0.15) is 0 Å². The lowest BCUT2D eigenvalue weighted by molar-refractivity contribution is 0.583. The molecule has 6 heteroatoms. The zero-order valence-corrected chi connectivity index (χ0v) is 10.9. The smallest absolute Gasteiger partial charge is 0.287 e. The number of hydrogen-bond donors (Lipinski definition) is 0.